The second-order valence-electron chi connectivity index (χ2n) is 6.77. The van der Waals surface area contributed by atoms with Crippen LogP contribution in [0.1, 0.15) is 55.1 Å². The average Bonchev–Trinajstić information content (AvgIpc) is 3.12. The molecule has 4 rings (SSSR count). The zero-order valence-corrected chi connectivity index (χ0v) is 13.9. The van der Waals surface area contributed by atoms with Crippen molar-refractivity contribution in [2.24, 2.45) is 14.1 Å². The second kappa shape index (κ2) is 5.70. The van der Waals surface area contributed by atoms with E-state index in [0.29, 0.717) is 18.2 Å². The van der Waals surface area contributed by atoms with E-state index in [0.717, 1.165) is 48.5 Å². The number of nitrogens with zero attached hydrogens (tertiary/aromatic N) is 5. The summed E-state index contributed by atoms with van der Waals surface area (Å²) in [5.74, 6) is 1.92. The standard InChI is InChI=1S/C16H21N5O3/c1-19-11(8-13(22)20(2)16(19)23)9-21-7-3-4-12(21)14-17-15(24-18-14)10-5-6-10/h8,10,12H,3-7,9H2,1-2H3. The molecule has 24 heavy (non-hydrogen) atoms. The van der Waals surface area contributed by atoms with Gasteiger partial charge in [0.15, 0.2) is 5.82 Å². The molecule has 2 aliphatic rings. The van der Waals surface area contributed by atoms with Crippen molar-refractivity contribution in [3.05, 3.63) is 44.3 Å². The Bertz CT molecular complexity index is 877. The minimum absolute atomic E-state index is 0.0837. The Morgan fingerprint density at radius 1 is 1.21 bits per heavy atom. The molecule has 2 aromatic heterocycles. The molecule has 1 atom stereocenters. The molecule has 1 saturated carbocycles. The summed E-state index contributed by atoms with van der Waals surface area (Å²) < 4.78 is 8.03. The summed E-state index contributed by atoms with van der Waals surface area (Å²) in [7, 11) is 3.19. The quantitative estimate of drug-likeness (QED) is 0.819. The third-order valence-electron chi connectivity index (χ3n) is 5.04. The van der Waals surface area contributed by atoms with Crippen molar-refractivity contribution < 1.29 is 4.52 Å². The maximum absolute atomic E-state index is 12.1. The van der Waals surface area contributed by atoms with Crippen LogP contribution in [0.15, 0.2) is 20.2 Å². The van der Waals surface area contributed by atoms with Crippen molar-refractivity contribution >= 4 is 0 Å². The first-order valence-electron chi connectivity index (χ1n) is 8.38. The Morgan fingerprint density at radius 3 is 2.75 bits per heavy atom. The van der Waals surface area contributed by atoms with Crippen LogP contribution in [-0.2, 0) is 20.6 Å². The molecule has 0 amide bonds. The molecule has 128 valence electrons. The van der Waals surface area contributed by atoms with Gasteiger partial charge in [-0.15, -0.1) is 0 Å². The predicted molar refractivity (Wildman–Crippen MR) is 85.6 cm³/mol. The Morgan fingerprint density at radius 2 is 2.00 bits per heavy atom. The maximum atomic E-state index is 12.1. The number of rotatable bonds is 4. The van der Waals surface area contributed by atoms with Crippen molar-refractivity contribution in [1.82, 2.24) is 24.2 Å². The van der Waals surface area contributed by atoms with Crippen molar-refractivity contribution in [3.63, 3.8) is 0 Å². The first-order valence-corrected chi connectivity index (χ1v) is 8.38. The zero-order chi connectivity index (χ0) is 16.8. The van der Waals surface area contributed by atoms with Crippen LogP contribution in [0.25, 0.3) is 0 Å². The zero-order valence-electron chi connectivity index (χ0n) is 13.9. The first kappa shape index (κ1) is 15.3. The van der Waals surface area contributed by atoms with Crippen LogP contribution < -0.4 is 11.2 Å². The largest absolute Gasteiger partial charge is 0.339 e. The van der Waals surface area contributed by atoms with Crippen molar-refractivity contribution in [2.75, 3.05) is 6.54 Å². The molecule has 0 spiro atoms. The molecular formula is C16H21N5O3. The maximum Gasteiger partial charge on any atom is 0.330 e. The monoisotopic (exact) mass is 331 g/mol. The summed E-state index contributed by atoms with van der Waals surface area (Å²) in [5.41, 5.74) is 0.129. The summed E-state index contributed by atoms with van der Waals surface area (Å²) in [6.07, 6.45) is 4.26. The van der Waals surface area contributed by atoms with E-state index in [1.54, 1.807) is 7.05 Å². The molecule has 1 aliphatic carbocycles. The Kier molecular flexibility index (Phi) is 3.64. The number of hydrogen-bond donors (Lipinski definition) is 0. The average molecular weight is 331 g/mol. The van der Waals surface area contributed by atoms with E-state index < -0.39 is 0 Å². The van der Waals surface area contributed by atoms with E-state index >= 15 is 0 Å². The molecule has 1 saturated heterocycles. The Labute approximate surface area is 138 Å². The highest BCUT2D eigenvalue weighted by Gasteiger charge is 2.34. The van der Waals surface area contributed by atoms with E-state index in [1.165, 1.54) is 17.7 Å². The lowest BCUT2D eigenvalue weighted by molar-refractivity contribution is 0.227. The van der Waals surface area contributed by atoms with Gasteiger partial charge in [0.05, 0.1) is 6.04 Å². The van der Waals surface area contributed by atoms with Crippen LogP contribution in [0, 0.1) is 0 Å². The lowest BCUT2D eigenvalue weighted by Crippen LogP contribution is -2.39. The van der Waals surface area contributed by atoms with Crippen LogP contribution in [-0.4, -0.2) is 30.7 Å². The minimum atomic E-state index is -0.302. The molecule has 1 unspecified atom stereocenters. The molecule has 1 aliphatic heterocycles. The highest BCUT2D eigenvalue weighted by atomic mass is 16.5. The molecule has 0 radical (unpaired) electrons. The topological polar surface area (TPSA) is 86.2 Å². The lowest BCUT2D eigenvalue weighted by atomic mass is 10.2. The molecule has 2 fully saturated rings. The molecular weight excluding hydrogens is 310 g/mol. The molecule has 0 aromatic carbocycles. The summed E-state index contributed by atoms with van der Waals surface area (Å²) in [6, 6.07) is 1.61. The van der Waals surface area contributed by atoms with Gasteiger partial charge in [0.2, 0.25) is 5.89 Å². The predicted octanol–water partition coefficient (Wildman–Crippen LogP) is 0.681. The normalized spacial score (nSPS) is 21.5. The molecule has 3 heterocycles. The van der Waals surface area contributed by atoms with E-state index in [1.807, 2.05) is 0 Å². The number of likely N-dealkylation sites (tertiary alicyclic amines) is 1. The smallest absolute Gasteiger partial charge is 0.330 e. The lowest BCUT2D eigenvalue weighted by Gasteiger charge is -2.23. The fourth-order valence-corrected chi connectivity index (χ4v) is 3.32. The Hall–Kier alpha value is -2.22. The fraction of sp³-hybridized carbons (Fsp3) is 0.625. The molecule has 8 nitrogen and oxygen atoms in total. The highest BCUT2D eigenvalue weighted by Crippen LogP contribution is 2.40. The van der Waals surface area contributed by atoms with E-state index in [2.05, 4.69) is 15.0 Å². The summed E-state index contributed by atoms with van der Waals surface area (Å²) in [6.45, 7) is 1.42. The third-order valence-corrected chi connectivity index (χ3v) is 5.04. The summed E-state index contributed by atoms with van der Waals surface area (Å²) in [5, 5.41) is 4.16. The van der Waals surface area contributed by atoms with Crippen molar-refractivity contribution in [1.29, 1.82) is 0 Å². The molecule has 8 heteroatoms. The van der Waals surface area contributed by atoms with Gasteiger partial charge in [-0.2, -0.15) is 4.98 Å². The molecule has 2 aromatic rings. The van der Waals surface area contributed by atoms with Gasteiger partial charge in [-0.3, -0.25) is 18.8 Å². The number of hydrogen-bond acceptors (Lipinski definition) is 6. The second-order valence-corrected chi connectivity index (χ2v) is 6.77. The highest BCUT2D eigenvalue weighted by molar-refractivity contribution is 5.08. The van der Waals surface area contributed by atoms with Gasteiger partial charge in [-0.25, -0.2) is 4.79 Å². The SMILES string of the molecule is Cn1c(CN2CCCC2c2noc(C3CC3)n2)cc(=O)n(C)c1=O. The van der Waals surface area contributed by atoms with Gasteiger partial charge in [0, 0.05) is 38.3 Å². The van der Waals surface area contributed by atoms with E-state index in [-0.39, 0.29) is 17.3 Å². The van der Waals surface area contributed by atoms with Gasteiger partial charge < -0.3 is 4.52 Å². The minimum Gasteiger partial charge on any atom is -0.339 e. The summed E-state index contributed by atoms with van der Waals surface area (Å²) in [4.78, 5) is 30.8. The van der Waals surface area contributed by atoms with E-state index in [4.69, 9.17) is 4.52 Å². The van der Waals surface area contributed by atoms with Crippen molar-refractivity contribution in [2.45, 2.75) is 44.2 Å². The molecule has 0 bridgehead atoms. The first-order chi connectivity index (χ1) is 11.5. The molecule has 0 N–H and O–H groups in total. The van der Waals surface area contributed by atoms with Gasteiger partial charge >= 0.3 is 5.69 Å². The Balaban J connectivity index is 1.59. The van der Waals surface area contributed by atoms with Crippen LogP contribution in [0.2, 0.25) is 0 Å². The van der Waals surface area contributed by atoms with Crippen LogP contribution in [0.4, 0.5) is 0 Å². The summed E-state index contributed by atoms with van der Waals surface area (Å²) >= 11 is 0. The van der Waals surface area contributed by atoms with Gasteiger partial charge in [0.25, 0.3) is 5.56 Å². The van der Waals surface area contributed by atoms with Crippen LogP contribution in [0.3, 0.4) is 0 Å². The van der Waals surface area contributed by atoms with Crippen LogP contribution in [0.5, 0.6) is 0 Å². The van der Waals surface area contributed by atoms with Crippen molar-refractivity contribution in [3.8, 4) is 0 Å². The third kappa shape index (κ3) is 2.60. The number of aromatic nitrogens is 4. The van der Waals surface area contributed by atoms with Crippen LogP contribution >= 0.6 is 0 Å². The van der Waals surface area contributed by atoms with Gasteiger partial charge in [-0.1, -0.05) is 5.16 Å². The van der Waals surface area contributed by atoms with E-state index in [9.17, 15) is 9.59 Å². The fourth-order valence-electron chi connectivity index (χ4n) is 3.32. The van der Waals surface area contributed by atoms with Gasteiger partial charge in [-0.05, 0) is 32.2 Å². The van der Waals surface area contributed by atoms with Gasteiger partial charge in [0.1, 0.15) is 0 Å².